The van der Waals surface area contributed by atoms with Crippen molar-refractivity contribution in [2.24, 2.45) is 0 Å². The second-order valence-electron chi connectivity index (χ2n) is 6.12. The summed E-state index contributed by atoms with van der Waals surface area (Å²) in [5.74, 6) is 0.0314. The number of amides is 3. The number of likely N-dealkylation sites (tertiary alicyclic amines) is 1. The Kier molecular flexibility index (Phi) is 5.66. The van der Waals surface area contributed by atoms with E-state index < -0.39 is 0 Å². The van der Waals surface area contributed by atoms with Crippen LogP contribution in [0.15, 0.2) is 43.0 Å². The summed E-state index contributed by atoms with van der Waals surface area (Å²) in [7, 11) is 0. The lowest BCUT2D eigenvalue weighted by Gasteiger charge is -2.26. The highest BCUT2D eigenvalue weighted by Crippen LogP contribution is 2.16. The lowest BCUT2D eigenvalue weighted by Crippen LogP contribution is -2.35. The maximum Gasteiger partial charge on any atom is 0.319 e. The van der Waals surface area contributed by atoms with E-state index in [4.69, 9.17) is 0 Å². The quantitative estimate of drug-likeness (QED) is 0.876. The Morgan fingerprint density at radius 2 is 2.00 bits per heavy atom. The van der Waals surface area contributed by atoms with Crippen molar-refractivity contribution in [3.63, 3.8) is 0 Å². The molecule has 1 aromatic carbocycles. The van der Waals surface area contributed by atoms with Gasteiger partial charge in [-0.2, -0.15) is 0 Å². The minimum absolute atomic E-state index is 0.0314. The summed E-state index contributed by atoms with van der Waals surface area (Å²) < 4.78 is 1.89. The molecule has 7 heteroatoms. The van der Waals surface area contributed by atoms with Gasteiger partial charge in [0, 0.05) is 49.8 Å². The zero-order chi connectivity index (χ0) is 17.5. The number of nitrogens with zero attached hydrogens (tertiary/aromatic N) is 3. The van der Waals surface area contributed by atoms with E-state index >= 15 is 0 Å². The maximum absolute atomic E-state index is 12.5. The van der Waals surface area contributed by atoms with Gasteiger partial charge in [0.25, 0.3) is 5.91 Å². The van der Waals surface area contributed by atoms with Crippen molar-refractivity contribution in [1.29, 1.82) is 0 Å². The lowest BCUT2D eigenvalue weighted by atomic mass is 10.1. The van der Waals surface area contributed by atoms with Crippen molar-refractivity contribution in [2.75, 3.05) is 25.0 Å². The normalized spacial score (nSPS) is 14.2. The third kappa shape index (κ3) is 4.82. The predicted molar refractivity (Wildman–Crippen MR) is 95.4 cm³/mol. The van der Waals surface area contributed by atoms with Gasteiger partial charge in [-0.25, -0.2) is 9.78 Å². The van der Waals surface area contributed by atoms with Crippen LogP contribution in [0.5, 0.6) is 0 Å². The Bertz CT molecular complexity index is 708. The highest BCUT2D eigenvalue weighted by Gasteiger charge is 2.18. The van der Waals surface area contributed by atoms with Crippen LogP contribution in [-0.2, 0) is 6.54 Å². The van der Waals surface area contributed by atoms with Crippen molar-refractivity contribution in [3.8, 4) is 0 Å². The number of hydrogen-bond donors (Lipinski definition) is 2. The molecule has 0 atom stereocenters. The fourth-order valence-electron chi connectivity index (χ4n) is 2.90. The molecule has 1 aliphatic heterocycles. The fraction of sp³-hybridized carbons (Fsp3) is 0.389. The lowest BCUT2D eigenvalue weighted by molar-refractivity contribution is 0.0724. The SMILES string of the molecule is O=C(NCCn1ccnc1)Nc1cccc(C(=O)N2CCCCC2)c1. The summed E-state index contributed by atoms with van der Waals surface area (Å²) in [4.78, 5) is 30.3. The Hall–Kier alpha value is -2.83. The highest BCUT2D eigenvalue weighted by atomic mass is 16.2. The minimum atomic E-state index is -0.289. The third-order valence-electron chi connectivity index (χ3n) is 4.23. The van der Waals surface area contributed by atoms with Crippen molar-refractivity contribution in [1.82, 2.24) is 19.8 Å². The van der Waals surface area contributed by atoms with Crippen molar-refractivity contribution in [3.05, 3.63) is 48.5 Å². The molecule has 132 valence electrons. The second kappa shape index (κ2) is 8.32. The van der Waals surface area contributed by atoms with Gasteiger partial charge in [-0.05, 0) is 37.5 Å². The molecule has 3 amide bonds. The van der Waals surface area contributed by atoms with Gasteiger partial charge in [-0.3, -0.25) is 4.79 Å². The monoisotopic (exact) mass is 341 g/mol. The number of urea groups is 1. The molecule has 0 saturated carbocycles. The van der Waals surface area contributed by atoms with Gasteiger partial charge in [0.15, 0.2) is 0 Å². The zero-order valence-corrected chi connectivity index (χ0v) is 14.1. The van der Waals surface area contributed by atoms with Crippen LogP contribution in [-0.4, -0.2) is 46.0 Å². The smallest absolute Gasteiger partial charge is 0.319 e. The number of hydrogen-bond acceptors (Lipinski definition) is 3. The van der Waals surface area contributed by atoms with E-state index in [1.807, 2.05) is 15.7 Å². The largest absolute Gasteiger partial charge is 0.339 e. The zero-order valence-electron chi connectivity index (χ0n) is 14.1. The number of rotatable bonds is 5. The molecule has 2 N–H and O–H groups in total. The number of benzene rings is 1. The van der Waals surface area contributed by atoms with Gasteiger partial charge in [0.1, 0.15) is 0 Å². The molecule has 1 aliphatic rings. The molecular formula is C18H23N5O2. The molecule has 0 aliphatic carbocycles. The molecule has 1 saturated heterocycles. The summed E-state index contributed by atoms with van der Waals surface area (Å²) in [6.45, 7) is 2.77. The predicted octanol–water partition coefficient (Wildman–Crippen LogP) is 2.33. The summed E-state index contributed by atoms with van der Waals surface area (Å²) in [6, 6.07) is 6.80. The van der Waals surface area contributed by atoms with Gasteiger partial charge >= 0.3 is 6.03 Å². The second-order valence-corrected chi connectivity index (χ2v) is 6.12. The first-order valence-corrected chi connectivity index (χ1v) is 8.62. The van der Waals surface area contributed by atoms with E-state index in [9.17, 15) is 9.59 Å². The molecule has 2 aromatic rings. The first-order valence-electron chi connectivity index (χ1n) is 8.62. The van der Waals surface area contributed by atoms with E-state index in [2.05, 4.69) is 15.6 Å². The van der Waals surface area contributed by atoms with Crippen LogP contribution in [0.1, 0.15) is 29.6 Å². The Morgan fingerprint density at radius 3 is 2.76 bits per heavy atom. The van der Waals surface area contributed by atoms with Crippen LogP contribution >= 0.6 is 0 Å². The maximum atomic E-state index is 12.5. The number of carbonyl (C=O) groups is 2. The van der Waals surface area contributed by atoms with Crippen molar-refractivity contribution in [2.45, 2.75) is 25.8 Å². The highest BCUT2D eigenvalue weighted by molar-refractivity contribution is 5.96. The van der Waals surface area contributed by atoms with Gasteiger partial charge in [-0.15, -0.1) is 0 Å². The molecule has 0 radical (unpaired) electrons. The molecule has 3 rings (SSSR count). The molecule has 0 bridgehead atoms. The summed E-state index contributed by atoms with van der Waals surface area (Å²) in [6.07, 6.45) is 8.55. The molecule has 0 spiro atoms. The topological polar surface area (TPSA) is 79.3 Å². The van der Waals surface area contributed by atoms with Crippen LogP contribution in [0.2, 0.25) is 0 Å². The van der Waals surface area contributed by atoms with Crippen LogP contribution in [0, 0.1) is 0 Å². The Balaban J connectivity index is 1.52. The molecule has 2 heterocycles. The first-order chi connectivity index (χ1) is 12.2. The van der Waals surface area contributed by atoms with E-state index in [0.717, 1.165) is 25.9 Å². The standard InChI is InChI=1S/C18H23N5O2/c24-17(23-9-2-1-3-10-23)15-5-4-6-16(13-15)21-18(25)20-8-12-22-11-7-19-14-22/h4-7,11,13-14H,1-3,8-10,12H2,(H2,20,21,25). The van der Waals surface area contributed by atoms with Crippen LogP contribution in [0.4, 0.5) is 10.5 Å². The molecule has 25 heavy (non-hydrogen) atoms. The molecule has 7 nitrogen and oxygen atoms in total. The number of imidazole rings is 1. The summed E-state index contributed by atoms with van der Waals surface area (Å²) in [5, 5.41) is 5.56. The summed E-state index contributed by atoms with van der Waals surface area (Å²) in [5.41, 5.74) is 1.22. The minimum Gasteiger partial charge on any atom is -0.339 e. The van der Waals surface area contributed by atoms with Crippen LogP contribution < -0.4 is 10.6 Å². The van der Waals surface area contributed by atoms with Crippen molar-refractivity contribution < 1.29 is 9.59 Å². The van der Waals surface area contributed by atoms with E-state index in [1.165, 1.54) is 6.42 Å². The number of piperidine rings is 1. The van der Waals surface area contributed by atoms with E-state index in [-0.39, 0.29) is 11.9 Å². The third-order valence-corrected chi connectivity index (χ3v) is 4.23. The van der Waals surface area contributed by atoms with Crippen molar-refractivity contribution >= 4 is 17.6 Å². The van der Waals surface area contributed by atoms with E-state index in [1.54, 1.807) is 36.8 Å². The number of aromatic nitrogens is 2. The average Bonchev–Trinajstić information content (AvgIpc) is 3.15. The van der Waals surface area contributed by atoms with Gasteiger partial charge in [0.2, 0.25) is 0 Å². The molecule has 1 aromatic heterocycles. The van der Waals surface area contributed by atoms with Crippen LogP contribution in [0.25, 0.3) is 0 Å². The molecule has 0 unspecified atom stereocenters. The number of anilines is 1. The summed E-state index contributed by atoms with van der Waals surface area (Å²) >= 11 is 0. The number of carbonyl (C=O) groups excluding carboxylic acids is 2. The van der Waals surface area contributed by atoms with Gasteiger partial charge in [0.05, 0.1) is 6.33 Å². The fourth-order valence-corrected chi connectivity index (χ4v) is 2.90. The van der Waals surface area contributed by atoms with Crippen LogP contribution in [0.3, 0.4) is 0 Å². The molecular weight excluding hydrogens is 318 g/mol. The van der Waals surface area contributed by atoms with E-state index in [0.29, 0.717) is 24.3 Å². The van der Waals surface area contributed by atoms with Gasteiger partial charge < -0.3 is 20.1 Å². The first kappa shape index (κ1) is 17.0. The average molecular weight is 341 g/mol. The molecule has 1 fully saturated rings. The Labute approximate surface area is 147 Å². The van der Waals surface area contributed by atoms with Gasteiger partial charge in [-0.1, -0.05) is 6.07 Å². The number of nitrogens with one attached hydrogen (secondary N) is 2. The Morgan fingerprint density at radius 1 is 1.16 bits per heavy atom.